The zero-order valence-corrected chi connectivity index (χ0v) is 14.5. The van der Waals surface area contributed by atoms with E-state index in [1.807, 2.05) is 29.1 Å². The molecule has 0 fully saturated rings. The van der Waals surface area contributed by atoms with Crippen molar-refractivity contribution >= 4 is 49.9 Å². The van der Waals surface area contributed by atoms with Gasteiger partial charge in [0.05, 0.1) is 22.5 Å². The molecular formula is C15H15N3O3S2. The maximum atomic E-state index is 12.4. The lowest BCUT2D eigenvalue weighted by Gasteiger charge is -2.03. The first-order valence-corrected chi connectivity index (χ1v) is 8.69. The van der Waals surface area contributed by atoms with Crippen LogP contribution in [0.4, 0.5) is 5.13 Å². The van der Waals surface area contributed by atoms with E-state index in [0.717, 1.165) is 21.6 Å². The van der Waals surface area contributed by atoms with Crippen molar-refractivity contribution in [1.82, 2.24) is 9.55 Å². The number of carbonyl (C=O) groups is 2. The van der Waals surface area contributed by atoms with Gasteiger partial charge in [-0.3, -0.25) is 10.1 Å². The Hall–Kier alpha value is -2.19. The molecule has 8 heteroatoms. The molecular weight excluding hydrogens is 334 g/mol. The average molecular weight is 349 g/mol. The fourth-order valence-electron chi connectivity index (χ4n) is 2.27. The molecule has 0 spiro atoms. The van der Waals surface area contributed by atoms with Crippen LogP contribution in [0.1, 0.15) is 32.8 Å². The molecule has 3 rings (SSSR count). The van der Waals surface area contributed by atoms with Crippen molar-refractivity contribution in [2.24, 2.45) is 7.05 Å². The molecule has 3 aromatic rings. The molecule has 0 radical (unpaired) electrons. The number of nitrogens with zero attached hydrogens (tertiary/aromatic N) is 2. The quantitative estimate of drug-likeness (QED) is 0.732. The van der Waals surface area contributed by atoms with Crippen molar-refractivity contribution in [2.75, 3.05) is 11.9 Å². The maximum absolute atomic E-state index is 12.4. The van der Waals surface area contributed by atoms with Gasteiger partial charge in [-0.1, -0.05) is 11.3 Å². The minimum Gasteiger partial charge on any atom is -0.462 e. The average Bonchev–Trinajstić information content (AvgIpc) is 3.16. The largest absolute Gasteiger partial charge is 0.462 e. The minimum absolute atomic E-state index is 0.250. The second-order valence-corrected chi connectivity index (χ2v) is 6.81. The van der Waals surface area contributed by atoms with E-state index < -0.39 is 5.97 Å². The second kappa shape index (κ2) is 6.13. The molecule has 0 bridgehead atoms. The number of thiazole rings is 1. The van der Waals surface area contributed by atoms with Crippen LogP contribution in [0.3, 0.4) is 0 Å². The Morgan fingerprint density at radius 2 is 2.22 bits per heavy atom. The monoisotopic (exact) mass is 349 g/mol. The Morgan fingerprint density at radius 1 is 1.43 bits per heavy atom. The van der Waals surface area contributed by atoms with E-state index in [-0.39, 0.29) is 5.91 Å². The number of aromatic nitrogens is 2. The number of nitrogens with one attached hydrogen (secondary N) is 1. The second-order valence-electron chi connectivity index (χ2n) is 4.87. The highest BCUT2D eigenvalue weighted by atomic mass is 32.1. The fraction of sp³-hybridized carbons (Fsp3) is 0.267. The molecule has 0 atom stereocenters. The lowest BCUT2D eigenvalue weighted by molar-refractivity contribution is 0.0531. The number of ether oxygens (including phenoxy) is 1. The summed E-state index contributed by atoms with van der Waals surface area (Å²) in [7, 11) is 1.85. The SMILES string of the molecule is CCOC(=O)c1sc(NC(=O)c2cc3sccc3n2C)nc1C. The van der Waals surface area contributed by atoms with Crippen LogP contribution in [0, 0.1) is 6.92 Å². The summed E-state index contributed by atoms with van der Waals surface area (Å²) in [5.41, 5.74) is 2.12. The number of esters is 1. The molecule has 0 unspecified atom stereocenters. The van der Waals surface area contributed by atoms with Gasteiger partial charge in [0, 0.05) is 7.05 Å². The van der Waals surface area contributed by atoms with Gasteiger partial charge in [0.1, 0.15) is 10.6 Å². The van der Waals surface area contributed by atoms with Crippen molar-refractivity contribution < 1.29 is 14.3 Å². The number of aryl methyl sites for hydroxylation is 2. The van der Waals surface area contributed by atoms with Crippen LogP contribution in [-0.4, -0.2) is 28.0 Å². The first-order chi connectivity index (χ1) is 11.0. The van der Waals surface area contributed by atoms with E-state index in [2.05, 4.69) is 10.3 Å². The van der Waals surface area contributed by atoms with Crippen molar-refractivity contribution in [2.45, 2.75) is 13.8 Å². The topological polar surface area (TPSA) is 73.2 Å². The molecule has 0 aromatic carbocycles. The molecule has 0 saturated heterocycles. The normalized spacial score (nSPS) is 10.9. The molecule has 6 nitrogen and oxygen atoms in total. The number of hydrogen-bond donors (Lipinski definition) is 1. The molecule has 0 aliphatic rings. The lowest BCUT2D eigenvalue weighted by atomic mass is 10.4. The first kappa shape index (κ1) is 15.7. The summed E-state index contributed by atoms with van der Waals surface area (Å²) in [5.74, 6) is -0.664. The first-order valence-electron chi connectivity index (χ1n) is 7.00. The zero-order chi connectivity index (χ0) is 16.6. The summed E-state index contributed by atoms with van der Waals surface area (Å²) in [6, 6.07) is 3.82. The maximum Gasteiger partial charge on any atom is 0.350 e. The van der Waals surface area contributed by atoms with Gasteiger partial charge < -0.3 is 9.30 Å². The number of anilines is 1. The standard InChI is InChI=1S/C15H15N3O3S2/c1-4-21-14(20)12-8(2)16-15(23-12)17-13(19)10-7-11-9(18(10)3)5-6-22-11/h5-7H,4H2,1-3H3,(H,16,17,19). The number of thiophene rings is 1. The van der Waals surface area contributed by atoms with Gasteiger partial charge in [-0.2, -0.15) is 0 Å². The highest BCUT2D eigenvalue weighted by Gasteiger charge is 2.19. The fourth-order valence-corrected chi connectivity index (χ4v) is 3.97. The zero-order valence-electron chi connectivity index (χ0n) is 12.9. The number of rotatable bonds is 4. The predicted octanol–water partition coefficient (Wildman–Crippen LogP) is 3.43. The van der Waals surface area contributed by atoms with Crippen LogP contribution in [0.2, 0.25) is 0 Å². The molecule has 1 amide bonds. The van der Waals surface area contributed by atoms with E-state index in [4.69, 9.17) is 4.74 Å². The predicted molar refractivity (Wildman–Crippen MR) is 91.6 cm³/mol. The molecule has 0 saturated carbocycles. The Bertz CT molecular complexity index is 891. The Morgan fingerprint density at radius 3 is 2.91 bits per heavy atom. The van der Waals surface area contributed by atoms with Crippen LogP contribution in [-0.2, 0) is 11.8 Å². The van der Waals surface area contributed by atoms with E-state index in [1.165, 1.54) is 0 Å². The summed E-state index contributed by atoms with van der Waals surface area (Å²) in [4.78, 5) is 28.9. The van der Waals surface area contributed by atoms with Gasteiger partial charge >= 0.3 is 5.97 Å². The van der Waals surface area contributed by atoms with Crippen LogP contribution in [0.15, 0.2) is 17.5 Å². The van der Waals surface area contributed by atoms with Crippen molar-refractivity contribution in [3.63, 3.8) is 0 Å². The third kappa shape index (κ3) is 2.87. The highest BCUT2D eigenvalue weighted by Crippen LogP contribution is 2.27. The summed E-state index contributed by atoms with van der Waals surface area (Å²) in [6.07, 6.45) is 0. The van der Waals surface area contributed by atoms with Crippen LogP contribution in [0.5, 0.6) is 0 Å². The Kier molecular flexibility index (Phi) is 4.18. The van der Waals surface area contributed by atoms with Crippen LogP contribution < -0.4 is 5.32 Å². The third-order valence-corrected chi connectivity index (χ3v) is 5.28. The van der Waals surface area contributed by atoms with Gasteiger partial charge in [-0.05, 0) is 31.4 Å². The number of carbonyl (C=O) groups excluding carboxylic acids is 2. The van der Waals surface area contributed by atoms with Gasteiger partial charge in [-0.15, -0.1) is 11.3 Å². The number of fused-ring (bicyclic) bond motifs is 1. The van der Waals surface area contributed by atoms with Crippen molar-refractivity contribution in [1.29, 1.82) is 0 Å². The summed E-state index contributed by atoms with van der Waals surface area (Å²) < 4.78 is 7.87. The molecule has 3 heterocycles. The van der Waals surface area contributed by atoms with E-state index in [9.17, 15) is 9.59 Å². The molecule has 23 heavy (non-hydrogen) atoms. The van der Waals surface area contributed by atoms with E-state index in [1.54, 1.807) is 25.2 Å². The van der Waals surface area contributed by atoms with Crippen molar-refractivity contribution in [3.05, 3.63) is 33.8 Å². The Balaban J connectivity index is 1.83. The van der Waals surface area contributed by atoms with Gasteiger partial charge in [0.25, 0.3) is 5.91 Å². The molecule has 1 N–H and O–H groups in total. The number of amides is 1. The van der Waals surface area contributed by atoms with Gasteiger partial charge in [0.2, 0.25) is 0 Å². The highest BCUT2D eigenvalue weighted by molar-refractivity contribution is 7.18. The lowest BCUT2D eigenvalue weighted by Crippen LogP contribution is -2.15. The van der Waals surface area contributed by atoms with E-state index >= 15 is 0 Å². The molecule has 120 valence electrons. The molecule has 3 aromatic heterocycles. The molecule has 0 aliphatic carbocycles. The van der Waals surface area contributed by atoms with Crippen LogP contribution >= 0.6 is 22.7 Å². The number of hydrogen-bond acceptors (Lipinski definition) is 6. The summed E-state index contributed by atoms with van der Waals surface area (Å²) >= 11 is 2.71. The van der Waals surface area contributed by atoms with Gasteiger partial charge in [0.15, 0.2) is 5.13 Å². The summed E-state index contributed by atoms with van der Waals surface area (Å²) in [6.45, 7) is 3.77. The van der Waals surface area contributed by atoms with Gasteiger partial charge in [-0.25, -0.2) is 9.78 Å². The third-order valence-electron chi connectivity index (χ3n) is 3.37. The minimum atomic E-state index is -0.414. The summed E-state index contributed by atoms with van der Waals surface area (Å²) in [5, 5.41) is 5.13. The van der Waals surface area contributed by atoms with E-state index in [0.29, 0.717) is 28.0 Å². The smallest absolute Gasteiger partial charge is 0.350 e. The Labute approximate surface area is 140 Å². The van der Waals surface area contributed by atoms with Crippen molar-refractivity contribution in [3.8, 4) is 0 Å². The van der Waals surface area contributed by atoms with Crippen LogP contribution in [0.25, 0.3) is 10.2 Å². The molecule has 0 aliphatic heterocycles.